The van der Waals surface area contributed by atoms with Crippen LogP contribution >= 0.6 is 0 Å². The lowest BCUT2D eigenvalue weighted by Gasteiger charge is -2.17. The molecule has 0 heterocycles. The molecule has 2 rings (SSSR count). The van der Waals surface area contributed by atoms with E-state index in [4.69, 9.17) is 4.74 Å². The van der Waals surface area contributed by atoms with Crippen molar-refractivity contribution in [3.63, 3.8) is 0 Å². The summed E-state index contributed by atoms with van der Waals surface area (Å²) in [6.07, 6.45) is 1.61. The molecule has 1 saturated carbocycles. The molecule has 3 nitrogen and oxygen atoms in total. The summed E-state index contributed by atoms with van der Waals surface area (Å²) in [5.41, 5.74) is 0.270. The summed E-state index contributed by atoms with van der Waals surface area (Å²) in [6.45, 7) is 2.14. The second kappa shape index (κ2) is 5.02. The van der Waals surface area contributed by atoms with Gasteiger partial charge in [0.05, 0.1) is 13.2 Å². The van der Waals surface area contributed by atoms with E-state index >= 15 is 0 Å². The fourth-order valence-corrected chi connectivity index (χ4v) is 1.94. The molecule has 1 aromatic carbocycles. The van der Waals surface area contributed by atoms with Crippen molar-refractivity contribution in [1.29, 1.82) is 0 Å². The fraction of sp³-hybridized carbons (Fsp3) is 0.462. The number of rotatable bonds is 5. The van der Waals surface area contributed by atoms with Gasteiger partial charge >= 0.3 is 5.97 Å². The van der Waals surface area contributed by atoms with Crippen LogP contribution in [0.4, 0.5) is 8.78 Å². The highest BCUT2D eigenvalue weighted by molar-refractivity contribution is 5.71. The number of ether oxygens (including phenoxy) is 1. The minimum Gasteiger partial charge on any atom is -0.465 e. The summed E-state index contributed by atoms with van der Waals surface area (Å²) in [5.74, 6) is -2.07. The third-order valence-corrected chi connectivity index (χ3v) is 3.10. The van der Waals surface area contributed by atoms with Gasteiger partial charge in [0, 0.05) is 5.54 Å². The Hall–Kier alpha value is -1.49. The molecule has 1 aliphatic rings. The molecule has 0 spiro atoms. The van der Waals surface area contributed by atoms with Crippen molar-refractivity contribution in [3.8, 4) is 0 Å². The number of benzene rings is 1. The third kappa shape index (κ3) is 2.67. The van der Waals surface area contributed by atoms with E-state index in [9.17, 15) is 13.6 Å². The number of carbonyl (C=O) groups is 1. The highest BCUT2D eigenvalue weighted by Gasteiger charge is 2.44. The minimum absolute atomic E-state index is 0.0762. The molecule has 18 heavy (non-hydrogen) atoms. The summed E-state index contributed by atoms with van der Waals surface area (Å²) in [7, 11) is 0. The van der Waals surface area contributed by atoms with Crippen molar-refractivity contribution in [2.45, 2.75) is 25.3 Å². The standard InChI is InChI=1S/C13H15F2NO2/c1-2-18-12(17)8-16-13(5-6-13)9-3-4-10(14)11(15)7-9/h3-4,7,16H,2,5-6,8H2,1H3. The maximum absolute atomic E-state index is 13.2. The topological polar surface area (TPSA) is 38.3 Å². The molecule has 1 aromatic rings. The van der Waals surface area contributed by atoms with Crippen molar-refractivity contribution in [2.75, 3.05) is 13.2 Å². The van der Waals surface area contributed by atoms with E-state index in [1.165, 1.54) is 6.07 Å². The number of hydrogen-bond donors (Lipinski definition) is 1. The summed E-state index contributed by atoms with van der Waals surface area (Å²) in [6, 6.07) is 3.83. The Labute approximate surface area is 104 Å². The van der Waals surface area contributed by atoms with Crippen LogP contribution in [0.1, 0.15) is 25.3 Å². The van der Waals surface area contributed by atoms with Crippen LogP contribution in [-0.4, -0.2) is 19.1 Å². The second-order valence-electron chi connectivity index (χ2n) is 4.37. The van der Waals surface area contributed by atoms with Gasteiger partial charge in [-0.1, -0.05) is 6.07 Å². The quantitative estimate of drug-likeness (QED) is 0.819. The van der Waals surface area contributed by atoms with Gasteiger partial charge < -0.3 is 4.74 Å². The molecule has 0 aliphatic heterocycles. The number of esters is 1. The minimum atomic E-state index is -0.864. The van der Waals surface area contributed by atoms with Gasteiger partial charge in [0.1, 0.15) is 0 Å². The average Bonchev–Trinajstić information content (AvgIpc) is 3.12. The monoisotopic (exact) mass is 255 g/mol. The smallest absolute Gasteiger partial charge is 0.319 e. The third-order valence-electron chi connectivity index (χ3n) is 3.10. The van der Waals surface area contributed by atoms with Crippen LogP contribution in [0.15, 0.2) is 18.2 Å². The first-order chi connectivity index (χ1) is 8.57. The maximum Gasteiger partial charge on any atom is 0.319 e. The normalized spacial score (nSPS) is 16.4. The lowest BCUT2D eigenvalue weighted by Crippen LogP contribution is -2.34. The molecule has 0 aromatic heterocycles. The number of hydrogen-bond acceptors (Lipinski definition) is 3. The van der Waals surface area contributed by atoms with Crippen LogP contribution in [-0.2, 0) is 15.1 Å². The molecule has 1 N–H and O–H groups in total. The summed E-state index contributed by atoms with van der Waals surface area (Å²) >= 11 is 0. The predicted molar refractivity (Wildman–Crippen MR) is 61.9 cm³/mol. The van der Waals surface area contributed by atoms with Crippen molar-refractivity contribution in [3.05, 3.63) is 35.4 Å². The first-order valence-electron chi connectivity index (χ1n) is 5.93. The molecule has 1 aliphatic carbocycles. The van der Waals surface area contributed by atoms with Crippen molar-refractivity contribution < 1.29 is 18.3 Å². The Bertz CT molecular complexity index is 458. The molecule has 0 amide bonds. The number of nitrogens with one attached hydrogen (secondary N) is 1. The van der Waals surface area contributed by atoms with E-state index in [1.54, 1.807) is 13.0 Å². The molecule has 0 saturated heterocycles. The first-order valence-corrected chi connectivity index (χ1v) is 5.93. The van der Waals surface area contributed by atoms with Crippen LogP contribution < -0.4 is 5.32 Å². The van der Waals surface area contributed by atoms with Crippen molar-refractivity contribution in [2.24, 2.45) is 0 Å². The van der Waals surface area contributed by atoms with Crippen LogP contribution in [0, 0.1) is 11.6 Å². The average molecular weight is 255 g/mol. The Morgan fingerprint density at radius 1 is 1.39 bits per heavy atom. The van der Waals surface area contributed by atoms with Gasteiger partial charge in [0.25, 0.3) is 0 Å². The van der Waals surface area contributed by atoms with E-state index in [-0.39, 0.29) is 12.5 Å². The molecule has 0 radical (unpaired) electrons. The molecule has 1 fully saturated rings. The molecular formula is C13H15F2NO2. The molecule has 0 atom stereocenters. The van der Waals surface area contributed by atoms with Gasteiger partial charge in [-0.05, 0) is 37.5 Å². The largest absolute Gasteiger partial charge is 0.465 e. The van der Waals surface area contributed by atoms with Gasteiger partial charge in [-0.25, -0.2) is 8.78 Å². The van der Waals surface area contributed by atoms with Crippen LogP contribution in [0.5, 0.6) is 0 Å². The van der Waals surface area contributed by atoms with Crippen LogP contribution in [0.2, 0.25) is 0 Å². The van der Waals surface area contributed by atoms with Crippen molar-refractivity contribution in [1.82, 2.24) is 5.32 Å². The predicted octanol–water partition coefficient (Wildman–Crippen LogP) is 2.11. The fourth-order valence-electron chi connectivity index (χ4n) is 1.94. The van der Waals surface area contributed by atoms with Gasteiger partial charge in [0.2, 0.25) is 0 Å². The zero-order valence-corrected chi connectivity index (χ0v) is 10.1. The molecule has 0 bridgehead atoms. The number of carbonyl (C=O) groups excluding carboxylic acids is 1. The van der Waals surface area contributed by atoms with E-state index < -0.39 is 17.2 Å². The maximum atomic E-state index is 13.2. The molecule has 98 valence electrons. The Morgan fingerprint density at radius 3 is 2.67 bits per heavy atom. The Kier molecular flexibility index (Phi) is 3.61. The Balaban J connectivity index is 2.03. The van der Waals surface area contributed by atoms with Crippen LogP contribution in [0.3, 0.4) is 0 Å². The Morgan fingerprint density at radius 2 is 2.11 bits per heavy atom. The lowest BCUT2D eigenvalue weighted by atomic mass is 10.0. The zero-order chi connectivity index (χ0) is 13.2. The molecular weight excluding hydrogens is 240 g/mol. The van der Waals surface area contributed by atoms with E-state index in [0.717, 1.165) is 18.9 Å². The van der Waals surface area contributed by atoms with E-state index in [1.807, 2.05) is 0 Å². The van der Waals surface area contributed by atoms with E-state index in [0.29, 0.717) is 12.2 Å². The SMILES string of the molecule is CCOC(=O)CNC1(c2ccc(F)c(F)c2)CC1. The molecule has 5 heteroatoms. The molecule has 0 unspecified atom stereocenters. The summed E-state index contributed by atoms with van der Waals surface area (Å²) in [5, 5.41) is 3.05. The first kappa shape index (κ1) is 13.0. The van der Waals surface area contributed by atoms with Gasteiger partial charge in [-0.3, -0.25) is 10.1 Å². The lowest BCUT2D eigenvalue weighted by molar-refractivity contribution is -0.142. The van der Waals surface area contributed by atoms with Gasteiger partial charge in [0.15, 0.2) is 11.6 Å². The highest BCUT2D eigenvalue weighted by Crippen LogP contribution is 2.45. The number of halogens is 2. The van der Waals surface area contributed by atoms with Crippen LogP contribution in [0.25, 0.3) is 0 Å². The summed E-state index contributed by atoms with van der Waals surface area (Å²) in [4.78, 5) is 11.3. The summed E-state index contributed by atoms with van der Waals surface area (Å²) < 4.78 is 30.8. The highest BCUT2D eigenvalue weighted by atomic mass is 19.2. The van der Waals surface area contributed by atoms with Gasteiger partial charge in [-0.15, -0.1) is 0 Å². The van der Waals surface area contributed by atoms with Gasteiger partial charge in [-0.2, -0.15) is 0 Å². The second-order valence-corrected chi connectivity index (χ2v) is 4.37. The van der Waals surface area contributed by atoms with E-state index in [2.05, 4.69) is 5.32 Å². The van der Waals surface area contributed by atoms with Crippen molar-refractivity contribution >= 4 is 5.97 Å². The zero-order valence-electron chi connectivity index (χ0n) is 10.1.